The second-order valence-electron chi connectivity index (χ2n) is 3.07. The van der Waals surface area contributed by atoms with E-state index in [2.05, 4.69) is 11.7 Å². The van der Waals surface area contributed by atoms with Crippen LogP contribution in [0.2, 0.25) is 0 Å². The molecule has 0 aromatic rings. The molecule has 0 fully saturated rings. The Labute approximate surface area is 85.4 Å². The zero-order valence-electron chi connectivity index (χ0n) is 8.88. The summed E-state index contributed by atoms with van der Waals surface area (Å²) in [6.45, 7) is 2.14. The van der Waals surface area contributed by atoms with Crippen molar-refractivity contribution in [3.8, 4) is 6.07 Å². The van der Waals surface area contributed by atoms with E-state index in [1.165, 1.54) is 20.0 Å². The molecule has 0 saturated carbocycles. The number of allylic oxidation sites excluding steroid dienone is 1. The lowest BCUT2D eigenvalue weighted by Crippen LogP contribution is -2.02. The van der Waals surface area contributed by atoms with Crippen LogP contribution in [-0.4, -0.2) is 13.1 Å². The lowest BCUT2D eigenvalue weighted by molar-refractivity contribution is -0.135. The maximum Gasteiger partial charge on any atom is 0.348 e. The van der Waals surface area contributed by atoms with E-state index in [0.29, 0.717) is 0 Å². The topological polar surface area (TPSA) is 50.1 Å². The van der Waals surface area contributed by atoms with Gasteiger partial charge in [-0.1, -0.05) is 32.3 Å². The Morgan fingerprint density at radius 1 is 1.43 bits per heavy atom. The molecule has 0 rings (SSSR count). The number of methoxy groups -OCH3 is 1. The zero-order valence-corrected chi connectivity index (χ0v) is 8.88. The SMILES string of the molecule is CCCCCCC=C(C#N)C(=O)OC. The lowest BCUT2D eigenvalue weighted by Gasteiger charge is -1.97. The van der Waals surface area contributed by atoms with E-state index < -0.39 is 5.97 Å². The van der Waals surface area contributed by atoms with Gasteiger partial charge in [-0.15, -0.1) is 0 Å². The van der Waals surface area contributed by atoms with Gasteiger partial charge in [0, 0.05) is 0 Å². The zero-order chi connectivity index (χ0) is 10.8. The monoisotopic (exact) mass is 195 g/mol. The van der Waals surface area contributed by atoms with Gasteiger partial charge in [-0.25, -0.2) is 4.79 Å². The highest BCUT2D eigenvalue weighted by atomic mass is 16.5. The third-order valence-corrected chi connectivity index (χ3v) is 1.93. The van der Waals surface area contributed by atoms with Crippen LogP contribution in [0.4, 0.5) is 0 Å². The van der Waals surface area contributed by atoms with Crippen molar-refractivity contribution in [1.82, 2.24) is 0 Å². The first kappa shape index (κ1) is 12.7. The molecule has 3 heteroatoms. The van der Waals surface area contributed by atoms with Crippen molar-refractivity contribution in [1.29, 1.82) is 5.26 Å². The Hall–Kier alpha value is -1.30. The van der Waals surface area contributed by atoms with Gasteiger partial charge < -0.3 is 4.74 Å². The van der Waals surface area contributed by atoms with Crippen LogP contribution in [0.3, 0.4) is 0 Å². The summed E-state index contributed by atoms with van der Waals surface area (Å²) in [5, 5.41) is 8.61. The van der Waals surface area contributed by atoms with Gasteiger partial charge >= 0.3 is 5.97 Å². The second kappa shape index (κ2) is 8.31. The Morgan fingerprint density at radius 3 is 2.64 bits per heavy atom. The maximum atomic E-state index is 10.9. The first-order chi connectivity index (χ1) is 6.76. The predicted octanol–water partition coefficient (Wildman–Crippen LogP) is 2.58. The molecule has 0 aromatic carbocycles. The van der Waals surface area contributed by atoms with Crippen molar-refractivity contribution >= 4 is 5.97 Å². The molecule has 0 saturated heterocycles. The van der Waals surface area contributed by atoms with Crippen LogP contribution in [-0.2, 0) is 9.53 Å². The number of ether oxygens (including phenoxy) is 1. The van der Waals surface area contributed by atoms with Crippen LogP contribution < -0.4 is 0 Å². The summed E-state index contributed by atoms with van der Waals surface area (Å²) >= 11 is 0. The molecule has 0 amide bonds. The normalized spacial score (nSPS) is 10.8. The van der Waals surface area contributed by atoms with Crippen LogP contribution in [0.1, 0.15) is 39.0 Å². The number of nitriles is 1. The molecule has 0 aliphatic rings. The van der Waals surface area contributed by atoms with E-state index in [1.807, 2.05) is 6.07 Å². The highest BCUT2D eigenvalue weighted by Crippen LogP contribution is 2.05. The van der Waals surface area contributed by atoms with Crippen molar-refractivity contribution in [3.63, 3.8) is 0 Å². The van der Waals surface area contributed by atoms with Crippen LogP contribution in [0.15, 0.2) is 11.6 Å². The van der Waals surface area contributed by atoms with E-state index in [1.54, 1.807) is 6.08 Å². The van der Waals surface area contributed by atoms with Crippen molar-refractivity contribution in [2.75, 3.05) is 7.11 Å². The van der Waals surface area contributed by atoms with Crippen molar-refractivity contribution in [2.45, 2.75) is 39.0 Å². The van der Waals surface area contributed by atoms with Gasteiger partial charge in [0.15, 0.2) is 0 Å². The van der Waals surface area contributed by atoms with Gasteiger partial charge in [0.25, 0.3) is 0 Å². The van der Waals surface area contributed by atoms with Crippen LogP contribution >= 0.6 is 0 Å². The predicted molar refractivity (Wildman–Crippen MR) is 54.5 cm³/mol. The Bertz CT molecular complexity index is 238. The average molecular weight is 195 g/mol. The molecule has 14 heavy (non-hydrogen) atoms. The molecular formula is C11H17NO2. The Morgan fingerprint density at radius 2 is 2.14 bits per heavy atom. The highest BCUT2D eigenvalue weighted by Gasteiger charge is 2.06. The molecule has 0 radical (unpaired) electrons. The third kappa shape index (κ3) is 5.36. The molecule has 0 bridgehead atoms. The van der Waals surface area contributed by atoms with E-state index in [-0.39, 0.29) is 5.57 Å². The largest absolute Gasteiger partial charge is 0.465 e. The molecule has 0 aliphatic carbocycles. The van der Waals surface area contributed by atoms with E-state index >= 15 is 0 Å². The maximum absolute atomic E-state index is 10.9. The molecule has 0 N–H and O–H groups in total. The van der Waals surface area contributed by atoms with Gasteiger partial charge in [-0.3, -0.25) is 0 Å². The van der Waals surface area contributed by atoms with Crippen LogP contribution in [0.5, 0.6) is 0 Å². The van der Waals surface area contributed by atoms with E-state index in [9.17, 15) is 4.79 Å². The van der Waals surface area contributed by atoms with Gasteiger partial charge in [0.1, 0.15) is 11.6 Å². The average Bonchev–Trinajstić information content (AvgIpc) is 2.22. The van der Waals surface area contributed by atoms with Crippen molar-refractivity contribution < 1.29 is 9.53 Å². The number of carbonyl (C=O) groups is 1. The molecule has 78 valence electrons. The number of hydrogen-bond acceptors (Lipinski definition) is 3. The fraction of sp³-hybridized carbons (Fsp3) is 0.636. The minimum absolute atomic E-state index is 0.115. The van der Waals surface area contributed by atoms with Crippen LogP contribution in [0, 0.1) is 11.3 Å². The second-order valence-corrected chi connectivity index (χ2v) is 3.07. The quantitative estimate of drug-likeness (QED) is 0.283. The lowest BCUT2D eigenvalue weighted by atomic mass is 10.1. The molecule has 0 unspecified atom stereocenters. The minimum Gasteiger partial charge on any atom is -0.465 e. The summed E-state index contributed by atoms with van der Waals surface area (Å²) in [5.74, 6) is -0.539. The molecule has 0 atom stereocenters. The number of hydrogen-bond donors (Lipinski definition) is 0. The van der Waals surface area contributed by atoms with Crippen molar-refractivity contribution in [2.24, 2.45) is 0 Å². The smallest absolute Gasteiger partial charge is 0.348 e. The van der Waals surface area contributed by atoms with Crippen molar-refractivity contribution in [3.05, 3.63) is 11.6 Å². The molecule has 3 nitrogen and oxygen atoms in total. The standard InChI is InChI=1S/C11H17NO2/c1-3-4-5-6-7-8-10(9-12)11(13)14-2/h8H,3-7H2,1-2H3. The summed E-state index contributed by atoms with van der Waals surface area (Å²) in [6.07, 6.45) is 6.99. The molecule has 0 aromatic heterocycles. The number of esters is 1. The van der Waals surface area contributed by atoms with E-state index in [4.69, 9.17) is 5.26 Å². The number of nitrogens with zero attached hydrogens (tertiary/aromatic N) is 1. The van der Waals surface area contributed by atoms with Crippen LogP contribution in [0.25, 0.3) is 0 Å². The molecule has 0 spiro atoms. The van der Waals surface area contributed by atoms with Gasteiger partial charge in [0.05, 0.1) is 7.11 Å². The molecule has 0 aliphatic heterocycles. The van der Waals surface area contributed by atoms with Gasteiger partial charge in [-0.2, -0.15) is 5.26 Å². The highest BCUT2D eigenvalue weighted by molar-refractivity contribution is 5.92. The third-order valence-electron chi connectivity index (χ3n) is 1.93. The summed E-state index contributed by atoms with van der Waals surface area (Å²) in [7, 11) is 1.28. The molecule has 0 heterocycles. The first-order valence-corrected chi connectivity index (χ1v) is 4.94. The molecular weight excluding hydrogens is 178 g/mol. The number of unbranched alkanes of at least 4 members (excludes halogenated alkanes) is 4. The number of carbonyl (C=O) groups excluding carboxylic acids is 1. The van der Waals surface area contributed by atoms with E-state index in [0.717, 1.165) is 19.3 Å². The summed E-state index contributed by atoms with van der Waals surface area (Å²) in [5.41, 5.74) is 0.115. The number of rotatable bonds is 6. The fourth-order valence-electron chi connectivity index (χ4n) is 1.10. The summed E-state index contributed by atoms with van der Waals surface area (Å²) < 4.78 is 4.45. The van der Waals surface area contributed by atoms with Gasteiger partial charge in [-0.05, 0) is 12.8 Å². The summed E-state index contributed by atoms with van der Waals surface area (Å²) in [4.78, 5) is 10.9. The summed E-state index contributed by atoms with van der Waals surface area (Å²) in [6, 6.07) is 1.83. The van der Waals surface area contributed by atoms with Gasteiger partial charge in [0.2, 0.25) is 0 Å². The minimum atomic E-state index is -0.539. The Kier molecular flexibility index (Phi) is 7.53. The fourth-order valence-corrected chi connectivity index (χ4v) is 1.10. The Balaban J connectivity index is 3.84. The first-order valence-electron chi connectivity index (χ1n) is 4.94.